The second-order valence-electron chi connectivity index (χ2n) is 4.88. The molecule has 1 aliphatic rings. The highest BCUT2D eigenvalue weighted by atomic mass is 32.2. The van der Waals surface area contributed by atoms with Crippen LogP contribution in [0.25, 0.3) is 0 Å². The molecule has 1 N–H and O–H groups in total. The highest BCUT2D eigenvalue weighted by molar-refractivity contribution is 8.00. The van der Waals surface area contributed by atoms with Gasteiger partial charge in [0.2, 0.25) is 0 Å². The molecule has 1 aromatic heterocycles. The summed E-state index contributed by atoms with van der Waals surface area (Å²) in [6.07, 6.45) is 3.15. The summed E-state index contributed by atoms with van der Waals surface area (Å²) in [5.74, 6) is 2.23. The lowest BCUT2D eigenvalue weighted by Gasteiger charge is -2.34. The Hall–Kier alpha value is -0.750. The van der Waals surface area contributed by atoms with Crippen LogP contribution in [0.3, 0.4) is 0 Å². The van der Waals surface area contributed by atoms with Gasteiger partial charge in [0.05, 0.1) is 6.54 Å². The molecule has 6 heteroatoms. The second kappa shape index (κ2) is 7.88. The van der Waals surface area contributed by atoms with Gasteiger partial charge in [-0.15, -0.1) is 11.3 Å². The van der Waals surface area contributed by atoms with Crippen molar-refractivity contribution in [1.82, 2.24) is 15.2 Å². The summed E-state index contributed by atoms with van der Waals surface area (Å²) in [5.41, 5.74) is 0. The predicted octanol–water partition coefficient (Wildman–Crippen LogP) is 2.74. The van der Waals surface area contributed by atoms with Crippen molar-refractivity contribution in [3.05, 3.63) is 16.1 Å². The number of nitrogens with zero attached hydrogens (tertiary/aromatic N) is 3. The van der Waals surface area contributed by atoms with Gasteiger partial charge in [-0.1, -0.05) is 6.92 Å². The SMILES string of the molecule is CCNC(=NCc1ncc(C)s1)N1CCSC(CC)C1. The Morgan fingerprint density at radius 3 is 3.05 bits per heavy atom. The van der Waals surface area contributed by atoms with Crippen molar-refractivity contribution in [2.24, 2.45) is 4.99 Å². The minimum absolute atomic E-state index is 0.682. The van der Waals surface area contributed by atoms with Crippen LogP contribution >= 0.6 is 23.1 Å². The van der Waals surface area contributed by atoms with Crippen molar-refractivity contribution in [3.63, 3.8) is 0 Å². The van der Waals surface area contributed by atoms with Crippen LogP contribution in [0, 0.1) is 6.92 Å². The number of thiazole rings is 1. The Morgan fingerprint density at radius 1 is 1.55 bits per heavy atom. The van der Waals surface area contributed by atoms with E-state index in [4.69, 9.17) is 4.99 Å². The van der Waals surface area contributed by atoms with Gasteiger partial charge >= 0.3 is 0 Å². The Bertz CT molecular complexity index is 444. The zero-order valence-electron chi connectivity index (χ0n) is 12.6. The molecule has 0 amide bonds. The number of aliphatic imine (C=N–C) groups is 1. The zero-order valence-corrected chi connectivity index (χ0v) is 14.2. The predicted molar refractivity (Wildman–Crippen MR) is 89.8 cm³/mol. The second-order valence-corrected chi connectivity index (χ2v) is 7.61. The maximum Gasteiger partial charge on any atom is 0.194 e. The van der Waals surface area contributed by atoms with Crippen molar-refractivity contribution in [1.29, 1.82) is 0 Å². The highest BCUT2D eigenvalue weighted by Crippen LogP contribution is 2.21. The van der Waals surface area contributed by atoms with Crippen LogP contribution in [0.4, 0.5) is 0 Å². The fourth-order valence-electron chi connectivity index (χ4n) is 2.20. The van der Waals surface area contributed by atoms with Crippen LogP contribution in [0.15, 0.2) is 11.2 Å². The van der Waals surface area contributed by atoms with E-state index in [9.17, 15) is 0 Å². The van der Waals surface area contributed by atoms with E-state index in [-0.39, 0.29) is 0 Å². The Balaban J connectivity index is 2.01. The number of hydrogen-bond donors (Lipinski definition) is 1. The molecule has 1 fully saturated rings. The van der Waals surface area contributed by atoms with Gasteiger partial charge < -0.3 is 10.2 Å². The number of nitrogens with one attached hydrogen (secondary N) is 1. The summed E-state index contributed by atoms with van der Waals surface area (Å²) >= 11 is 3.82. The molecule has 1 saturated heterocycles. The topological polar surface area (TPSA) is 40.5 Å². The third-order valence-corrected chi connectivity index (χ3v) is 5.53. The van der Waals surface area contributed by atoms with Gasteiger partial charge in [0.25, 0.3) is 0 Å². The normalized spacial score (nSPS) is 20.2. The average Bonchev–Trinajstić information content (AvgIpc) is 2.89. The van der Waals surface area contributed by atoms with Crippen LogP contribution in [0.5, 0.6) is 0 Å². The molecule has 1 aromatic rings. The molecule has 0 bridgehead atoms. The van der Waals surface area contributed by atoms with E-state index in [1.807, 2.05) is 6.20 Å². The number of aryl methyl sites for hydroxylation is 1. The summed E-state index contributed by atoms with van der Waals surface area (Å²) < 4.78 is 0. The molecule has 1 aliphatic heterocycles. The Morgan fingerprint density at radius 2 is 2.40 bits per heavy atom. The Kier molecular flexibility index (Phi) is 6.16. The van der Waals surface area contributed by atoms with E-state index in [2.05, 4.69) is 47.7 Å². The maximum atomic E-state index is 4.76. The van der Waals surface area contributed by atoms with E-state index in [0.29, 0.717) is 6.54 Å². The van der Waals surface area contributed by atoms with E-state index in [1.165, 1.54) is 17.1 Å². The van der Waals surface area contributed by atoms with Crippen molar-refractivity contribution in [3.8, 4) is 0 Å². The minimum atomic E-state index is 0.682. The van der Waals surface area contributed by atoms with Crippen molar-refractivity contribution in [2.45, 2.75) is 39.0 Å². The molecule has 0 radical (unpaired) electrons. The fraction of sp³-hybridized carbons (Fsp3) is 0.714. The molecule has 112 valence electrons. The standard InChI is InChI=1S/C14H24N4S2/c1-4-12-10-18(6-7-19-12)14(15-5-2)17-9-13-16-8-11(3)20-13/h8,12H,4-7,9-10H2,1-3H3,(H,15,17). The van der Waals surface area contributed by atoms with Crippen LogP contribution in [0.2, 0.25) is 0 Å². The van der Waals surface area contributed by atoms with Crippen LogP contribution in [-0.2, 0) is 6.54 Å². The van der Waals surface area contributed by atoms with Crippen LogP contribution in [0.1, 0.15) is 30.2 Å². The molecule has 20 heavy (non-hydrogen) atoms. The fourth-order valence-corrected chi connectivity index (χ4v) is 4.09. The summed E-state index contributed by atoms with van der Waals surface area (Å²) in [7, 11) is 0. The lowest BCUT2D eigenvalue weighted by molar-refractivity contribution is 0.408. The maximum absolute atomic E-state index is 4.76. The number of thioether (sulfide) groups is 1. The molecular formula is C14H24N4S2. The molecule has 0 aromatic carbocycles. The lowest BCUT2D eigenvalue weighted by atomic mass is 10.3. The Labute approximate surface area is 130 Å². The third kappa shape index (κ3) is 4.38. The number of hydrogen-bond acceptors (Lipinski definition) is 4. The van der Waals surface area contributed by atoms with Gasteiger partial charge in [0, 0.05) is 41.7 Å². The van der Waals surface area contributed by atoms with E-state index >= 15 is 0 Å². The van der Waals surface area contributed by atoms with Crippen molar-refractivity contribution < 1.29 is 0 Å². The lowest BCUT2D eigenvalue weighted by Crippen LogP contribution is -2.48. The van der Waals surface area contributed by atoms with Crippen molar-refractivity contribution in [2.75, 3.05) is 25.4 Å². The zero-order chi connectivity index (χ0) is 14.4. The smallest absolute Gasteiger partial charge is 0.194 e. The first-order valence-electron chi connectivity index (χ1n) is 7.29. The molecule has 4 nitrogen and oxygen atoms in total. The van der Waals surface area contributed by atoms with Gasteiger partial charge in [-0.25, -0.2) is 9.98 Å². The molecule has 2 heterocycles. The summed E-state index contributed by atoms with van der Waals surface area (Å²) in [5, 5.41) is 5.24. The van der Waals surface area contributed by atoms with Crippen LogP contribution in [-0.4, -0.2) is 46.5 Å². The average molecular weight is 313 g/mol. The summed E-state index contributed by atoms with van der Waals surface area (Å²) in [6.45, 7) is 10.3. The summed E-state index contributed by atoms with van der Waals surface area (Å²) in [4.78, 5) is 12.8. The third-order valence-electron chi connectivity index (χ3n) is 3.26. The van der Waals surface area contributed by atoms with E-state index in [0.717, 1.165) is 35.9 Å². The van der Waals surface area contributed by atoms with Gasteiger partial charge in [-0.3, -0.25) is 0 Å². The molecule has 0 spiro atoms. The molecule has 1 atom stereocenters. The number of guanidine groups is 1. The first kappa shape index (κ1) is 15.6. The highest BCUT2D eigenvalue weighted by Gasteiger charge is 2.21. The number of aromatic nitrogens is 1. The molecule has 0 saturated carbocycles. The van der Waals surface area contributed by atoms with Crippen LogP contribution < -0.4 is 5.32 Å². The van der Waals surface area contributed by atoms with Crippen molar-refractivity contribution >= 4 is 29.1 Å². The molecular weight excluding hydrogens is 288 g/mol. The number of rotatable bonds is 4. The largest absolute Gasteiger partial charge is 0.357 e. The quantitative estimate of drug-likeness (QED) is 0.685. The minimum Gasteiger partial charge on any atom is -0.357 e. The van der Waals surface area contributed by atoms with Gasteiger partial charge in [-0.05, 0) is 20.3 Å². The first-order chi connectivity index (χ1) is 9.72. The van der Waals surface area contributed by atoms with Gasteiger partial charge in [0.15, 0.2) is 5.96 Å². The molecule has 2 rings (SSSR count). The molecule has 1 unspecified atom stereocenters. The van der Waals surface area contributed by atoms with Gasteiger partial charge in [-0.2, -0.15) is 11.8 Å². The first-order valence-corrected chi connectivity index (χ1v) is 9.15. The monoisotopic (exact) mass is 312 g/mol. The van der Waals surface area contributed by atoms with E-state index in [1.54, 1.807) is 11.3 Å². The van der Waals surface area contributed by atoms with E-state index < -0.39 is 0 Å². The molecule has 0 aliphatic carbocycles. The van der Waals surface area contributed by atoms with Gasteiger partial charge in [0.1, 0.15) is 5.01 Å². The summed E-state index contributed by atoms with van der Waals surface area (Å²) in [6, 6.07) is 0.